The second kappa shape index (κ2) is 2.18. The van der Waals surface area contributed by atoms with E-state index in [9.17, 15) is 0 Å². The monoisotopic (exact) mass is 131 g/mol. The lowest BCUT2D eigenvalue weighted by Crippen LogP contribution is -1.94. The normalized spacial score (nSPS) is 14.0. The Morgan fingerprint density at radius 3 is 3.40 bits per heavy atom. The first-order valence-corrected chi connectivity index (χ1v) is 3.24. The summed E-state index contributed by atoms with van der Waals surface area (Å²) in [7, 11) is 0. The van der Waals surface area contributed by atoms with Crippen molar-refractivity contribution in [3.05, 3.63) is 41.7 Å². The Kier molecular flexibility index (Phi) is 1.21. The van der Waals surface area contributed by atoms with Crippen molar-refractivity contribution >= 4 is 6.08 Å². The minimum Gasteiger partial charge on any atom is -0.496 e. The fraction of sp³-hybridized carbons (Fsp3) is 0.111. The molecule has 0 atom stereocenters. The summed E-state index contributed by atoms with van der Waals surface area (Å²) < 4.78 is 5.10. The molecule has 1 aliphatic heterocycles. The molecule has 1 radical (unpaired) electrons. The SMILES string of the molecule is [c]1ccc2c(c1)C=COC2. The van der Waals surface area contributed by atoms with E-state index in [0.717, 1.165) is 0 Å². The summed E-state index contributed by atoms with van der Waals surface area (Å²) in [6.45, 7) is 0.695. The van der Waals surface area contributed by atoms with Gasteiger partial charge in [-0.1, -0.05) is 12.1 Å². The van der Waals surface area contributed by atoms with Crippen LogP contribution in [-0.2, 0) is 11.3 Å². The van der Waals surface area contributed by atoms with Gasteiger partial charge in [0, 0.05) is 0 Å². The van der Waals surface area contributed by atoms with Crippen LogP contribution in [0.5, 0.6) is 0 Å². The highest BCUT2D eigenvalue weighted by Gasteiger charge is 2.01. The molecule has 1 aliphatic rings. The smallest absolute Gasteiger partial charge is 0.113 e. The Bertz CT molecular complexity index is 263. The molecule has 0 saturated heterocycles. The number of benzene rings is 1. The number of ether oxygens (including phenoxy) is 1. The topological polar surface area (TPSA) is 9.23 Å². The number of hydrogen-bond acceptors (Lipinski definition) is 1. The summed E-state index contributed by atoms with van der Waals surface area (Å²) in [5.41, 5.74) is 2.45. The summed E-state index contributed by atoms with van der Waals surface area (Å²) in [5.74, 6) is 0. The molecule has 1 aromatic rings. The highest BCUT2D eigenvalue weighted by Crippen LogP contribution is 2.15. The molecule has 0 bridgehead atoms. The molecular formula is C9H7O. The van der Waals surface area contributed by atoms with Crippen molar-refractivity contribution in [2.75, 3.05) is 0 Å². The van der Waals surface area contributed by atoms with Crippen LogP contribution in [0, 0.1) is 6.07 Å². The maximum Gasteiger partial charge on any atom is 0.113 e. The third-order valence-corrected chi connectivity index (χ3v) is 1.57. The van der Waals surface area contributed by atoms with Crippen LogP contribution in [0.4, 0.5) is 0 Å². The molecule has 0 amide bonds. The van der Waals surface area contributed by atoms with Crippen molar-refractivity contribution in [1.29, 1.82) is 0 Å². The zero-order chi connectivity index (χ0) is 6.81. The van der Waals surface area contributed by atoms with Crippen molar-refractivity contribution in [2.24, 2.45) is 0 Å². The fourth-order valence-electron chi connectivity index (χ4n) is 1.02. The van der Waals surface area contributed by atoms with Crippen LogP contribution >= 0.6 is 0 Å². The van der Waals surface area contributed by atoms with Crippen molar-refractivity contribution in [3.8, 4) is 0 Å². The van der Waals surface area contributed by atoms with Crippen LogP contribution in [0.1, 0.15) is 11.1 Å². The Balaban J connectivity index is 2.54. The molecule has 0 fully saturated rings. The summed E-state index contributed by atoms with van der Waals surface area (Å²) in [6, 6.07) is 8.91. The van der Waals surface area contributed by atoms with E-state index >= 15 is 0 Å². The van der Waals surface area contributed by atoms with Crippen molar-refractivity contribution in [2.45, 2.75) is 6.61 Å². The van der Waals surface area contributed by atoms with E-state index in [2.05, 4.69) is 6.07 Å². The lowest BCUT2D eigenvalue weighted by atomic mass is 10.1. The van der Waals surface area contributed by atoms with E-state index in [1.54, 1.807) is 6.26 Å². The zero-order valence-corrected chi connectivity index (χ0v) is 5.50. The average Bonchev–Trinajstić information content (AvgIpc) is 2.05. The third-order valence-electron chi connectivity index (χ3n) is 1.57. The maximum atomic E-state index is 5.10. The van der Waals surface area contributed by atoms with Crippen LogP contribution < -0.4 is 0 Å². The lowest BCUT2D eigenvalue weighted by Gasteiger charge is -2.09. The van der Waals surface area contributed by atoms with E-state index in [1.807, 2.05) is 24.3 Å². The van der Waals surface area contributed by atoms with Gasteiger partial charge in [-0.05, 0) is 29.3 Å². The van der Waals surface area contributed by atoms with Crippen LogP contribution in [0.25, 0.3) is 6.08 Å². The van der Waals surface area contributed by atoms with Gasteiger partial charge in [-0.15, -0.1) is 0 Å². The molecule has 1 heterocycles. The van der Waals surface area contributed by atoms with Gasteiger partial charge in [0.15, 0.2) is 0 Å². The maximum absolute atomic E-state index is 5.10. The molecular weight excluding hydrogens is 124 g/mol. The first-order valence-electron chi connectivity index (χ1n) is 3.24. The van der Waals surface area contributed by atoms with Gasteiger partial charge in [0.05, 0.1) is 6.26 Å². The lowest BCUT2D eigenvalue weighted by molar-refractivity contribution is 0.234. The van der Waals surface area contributed by atoms with Gasteiger partial charge < -0.3 is 4.74 Å². The Morgan fingerprint density at radius 2 is 2.50 bits per heavy atom. The van der Waals surface area contributed by atoms with Gasteiger partial charge in [0.25, 0.3) is 0 Å². The van der Waals surface area contributed by atoms with E-state index in [4.69, 9.17) is 4.74 Å². The summed E-state index contributed by atoms with van der Waals surface area (Å²) in [4.78, 5) is 0. The molecule has 49 valence electrons. The number of rotatable bonds is 0. The van der Waals surface area contributed by atoms with Gasteiger partial charge in [-0.3, -0.25) is 0 Å². The highest BCUT2D eigenvalue weighted by atomic mass is 16.5. The highest BCUT2D eigenvalue weighted by molar-refractivity contribution is 5.53. The molecule has 10 heavy (non-hydrogen) atoms. The molecule has 0 aromatic heterocycles. The number of fused-ring (bicyclic) bond motifs is 1. The van der Waals surface area contributed by atoms with Crippen LogP contribution in [0.2, 0.25) is 0 Å². The Labute approximate surface area is 59.9 Å². The van der Waals surface area contributed by atoms with E-state index in [0.29, 0.717) is 6.61 Å². The standard InChI is InChI=1S/C9H7O/c1-2-4-9-7-10-6-5-8(9)3-1/h2-6H,7H2. The van der Waals surface area contributed by atoms with E-state index in [1.165, 1.54) is 11.1 Å². The van der Waals surface area contributed by atoms with Crippen molar-refractivity contribution in [3.63, 3.8) is 0 Å². The summed E-state index contributed by atoms with van der Waals surface area (Å²) >= 11 is 0. The van der Waals surface area contributed by atoms with Gasteiger partial charge >= 0.3 is 0 Å². The van der Waals surface area contributed by atoms with E-state index in [-0.39, 0.29) is 0 Å². The molecule has 1 heteroatoms. The second-order valence-corrected chi connectivity index (χ2v) is 2.24. The largest absolute Gasteiger partial charge is 0.496 e. The first kappa shape index (κ1) is 5.54. The molecule has 0 unspecified atom stereocenters. The van der Waals surface area contributed by atoms with Gasteiger partial charge in [-0.2, -0.15) is 0 Å². The van der Waals surface area contributed by atoms with Crippen LogP contribution in [0.15, 0.2) is 24.5 Å². The minimum absolute atomic E-state index is 0.695. The Morgan fingerprint density at radius 1 is 1.50 bits per heavy atom. The second-order valence-electron chi connectivity index (χ2n) is 2.24. The third kappa shape index (κ3) is 0.798. The molecule has 1 aromatic carbocycles. The average molecular weight is 131 g/mol. The molecule has 0 aliphatic carbocycles. The zero-order valence-electron chi connectivity index (χ0n) is 5.50. The van der Waals surface area contributed by atoms with Crippen molar-refractivity contribution < 1.29 is 4.74 Å². The van der Waals surface area contributed by atoms with Gasteiger partial charge in [-0.25, -0.2) is 0 Å². The molecule has 1 nitrogen and oxygen atoms in total. The van der Waals surface area contributed by atoms with Crippen LogP contribution in [-0.4, -0.2) is 0 Å². The van der Waals surface area contributed by atoms with E-state index < -0.39 is 0 Å². The molecule has 0 spiro atoms. The summed E-state index contributed by atoms with van der Waals surface area (Å²) in [5, 5.41) is 0. The molecule has 0 saturated carbocycles. The minimum atomic E-state index is 0.695. The molecule has 2 rings (SSSR count). The fourth-order valence-corrected chi connectivity index (χ4v) is 1.02. The predicted molar refractivity (Wildman–Crippen MR) is 39.1 cm³/mol. The first-order chi connectivity index (χ1) is 4.97. The van der Waals surface area contributed by atoms with Gasteiger partial charge in [0.1, 0.15) is 6.61 Å². The predicted octanol–water partition coefficient (Wildman–Crippen LogP) is 1.99. The number of hydrogen-bond donors (Lipinski definition) is 0. The van der Waals surface area contributed by atoms with Crippen molar-refractivity contribution in [1.82, 2.24) is 0 Å². The summed E-state index contributed by atoms with van der Waals surface area (Å²) in [6.07, 6.45) is 3.67. The van der Waals surface area contributed by atoms with Gasteiger partial charge in [0.2, 0.25) is 0 Å². The molecule has 0 N–H and O–H groups in total. The Hall–Kier alpha value is -1.24. The quantitative estimate of drug-likeness (QED) is 0.523. The van der Waals surface area contributed by atoms with Crippen LogP contribution in [0.3, 0.4) is 0 Å².